The van der Waals surface area contributed by atoms with E-state index in [0.717, 1.165) is 5.69 Å². The number of nitrogens with zero attached hydrogens (tertiary/aromatic N) is 1. The summed E-state index contributed by atoms with van der Waals surface area (Å²) in [6.07, 6.45) is 1.45. The summed E-state index contributed by atoms with van der Waals surface area (Å²) in [5, 5.41) is 0. The number of benzene rings is 1. The van der Waals surface area contributed by atoms with Gasteiger partial charge < -0.3 is 19.1 Å². The van der Waals surface area contributed by atoms with E-state index < -0.39 is 11.9 Å². The summed E-state index contributed by atoms with van der Waals surface area (Å²) >= 11 is 0. The Hall–Kier alpha value is -2.50. The minimum atomic E-state index is -0.705. The molecule has 1 aromatic rings. The molecule has 0 saturated carbocycles. The van der Waals surface area contributed by atoms with Crippen LogP contribution in [0.3, 0.4) is 0 Å². The third-order valence-electron chi connectivity index (χ3n) is 3.09. The maximum Gasteiger partial charge on any atom is 0.347 e. The molecule has 0 aromatic heterocycles. The van der Waals surface area contributed by atoms with Gasteiger partial charge in [0.1, 0.15) is 5.75 Å². The summed E-state index contributed by atoms with van der Waals surface area (Å²) in [6, 6.07) is 7.43. The molecule has 0 aliphatic heterocycles. The summed E-state index contributed by atoms with van der Waals surface area (Å²) in [4.78, 5) is 26.0. The van der Waals surface area contributed by atoms with Gasteiger partial charge in [0.05, 0.1) is 25.5 Å². The predicted molar refractivity (Wildman–Crippen MR) is 92.0 cm³/mol. The Balaban J connectivity index is 3.25. The smallest absolute Gasteiger partial charge is 0.347 e. The van der Waals surface area contributed by atoms with Crippen molar-refractivity contribution >= 4 is 17.6 Å². The number of carbonyl (C=O) groups is 2. The monoisotopic (exact) mass is 335 g/mol. The standard InChI is InChI=1S/C18H25NO5/c1-5-19(15-11-9-10-12-16(15)22-6-2)13-14(17(20)23-7-3)18(21)24-8-4/h9-13H,5-8H2,1-4H3. The zero-order chi connectivity index (χ0) is 17.9. The van der Waals surface area contributed by atoms with Gasteiger partial charge in [-0.2, -0.15) is 0 Å². The van der Waals surface area contributed by atoms with Crippen LogP contribution in [0.25, 0.3) is 0 Å². The molecule has 1 rings (SSSR count). The molecule has 0 bridgehead atoms. The highest BCUT2D eigenvalue weighted by Crippen LogP contribution is 2.28. The van der Waals surface area contributed by atoms with Crippen molar-refractivity contribution in [2.45, 2.75) is 27.7 Å². The molecule has 0 aliphatic carbocycles. The molecule has 0 unspecified atom stereocenters. The molecular weight excluding hydrogens is 310 g/mol. The Morgan fingerprint density at radius 3 is 2.04 bits per heavy atom. The largest absolute Gasteiger partial charge is 0.492 e. The van der Waals surface area contributed by atoms with Crippen LogP contribution in [0.2, 0.25) is 0 Å². The quantitative estimate of drug-likeness (QED) is 0.299. The topological polar surface area (TPSA) is 65.1 Å². The molecule has 0 fully saturated rings. The van der Waals surface area contributed by atoms with E-state index in [1.807, 2.05) is 38.1 Å². The molecule has 1 aromatic carbocycles. The first kappa shape index (κ1) is 19.5. The Bertz CT molecular complexity index is 563. The number of esters is 2. The highest BCUT2D eigenvalue weighted by atomic mass is 16.6. The van der Waals surface area contributed by atoms with Crippen molar-refractivity contribution in [3.63, 3.8) is 0 Å². The van der Waals surface area contributed by atoms with Gasteiger partial charge in [-0.3, -0.25) is 0 Å². The van der Waals surface area contributed by atoms with Crippen LogP contribution in [0.4, 0.5) is 5.69 Å². The number of ether oxygens (including phenoxy) is 3. The second-order valence-corrected chi connectivity index (χ2v) is 4.67. The average Bonchev–Trinajstić information content (AvgIpc) is 2.57. The van der Waals surface area contributed by atoms with Gasteiger partial charge in [-0.25, -0.2) is 9.59 Å². The Morgan fingerprint density at radius 2 is 1.54 bits per heavy atom. The lowest BCUT2D eigenvalue weighted by molar-refractivity contribution is -0.146. The number of carbonyl (C=O) groups excluding carboxylic acids is 2. The zero-order valence-electron chi connectivity index (χ0n) is 14.7. The lowest BCUT2D eigenvalue weighted by Gasteiger charge is -2.22. The van der Waals surface area contributed by atoms with Crippen LogP contribution in [0, 0.1) is 0 Å². The number of rotatable bonds is 9. The zero-order valence-corrected chi connectivity index (χ0v) is 14.7. The summed E-state index contributed by atoms with van der Waals surface area (Å²) in [5.74, 6) is -0.739. The van der Waals surface area contributed by atoms with Gasteiger partial charge in [0, 0.05) is 12.7 Å². The highest BCUT2D eigenvalue weighted by Gasteiger charge is 2.23. The molecule has 24 heavy (non-hydrogen) atoms. The molecule has 0 spiro atoms. The van der Waals surface area contributed by atoms with Gasteiger partial charge in [0.25, 0.3) is 0 Å². The van der Waals surface area contributed by atoms with E-state index in [0.29, 0.717) is 18.9 Å². The first-order valence-corrected chi connectivity index (χ1v) is 8.13. The van der Waals surface area contributed by atoms with E-state index in [1.54, 1.807) is 18.7 Å². The van der Waals surface area contributed by atoms with Crippen LogP contribution in [-0.2, 0) is 19.1 Å². The lowest BCUT2D eigenvalue weighted by atomic mass is 10.2. The fourth-order valence-corrected chi connectivity index (χ4v) is 2.07. The van der Waals surface area contributed by atoms with Crippen molar-refractivity contribution in [1.29, 1.82) is 0 Å². The molecule has 0 radical (unpaired) electrons. The van der Waals surface area contributed by atoms with Gasteiger partial charge in [0.2, 0.25) is 0 Å². The van der Waals surface area contributed by atoms with Gasteiger partial charge in [-0.1, -0.05) is 12.1 Å². The fourth-order valence-electron chi connectivity index (χ4n) is 2.07. The minimum Gasteiger partial charge on any atom is -0.492 e. The van der Waals surface area contributed by atoms with Crippen molar-refractivity contribution in [3.05, 3.63) is 36.0 Å². The second kappa shape index (κ2) is 10.3. The third-order valence-corrected chi connectivity index (χ3v) is 3.09. The Labute approximate surface area is 143 Å². The van der Waals surface area contributed by atoms with Gasteiger partial charge in [-0.05, 0) is 39.8 Å². The van der Waals surface area contributed by atoms with E-state index in [2.05, 4.69) is 0 Å². The maximum absolute atomic E-state index is 12.1. The van der Waals surface area contributed by atoms with Gasteiger partial charge >= 0.3 is 11.9 Å². The SMILES string of the molecule is CCOC(=O)C(=CN(CC)c1ccccc1OCC)C(=O)OCC. The molecule has 0 heterocycles. The normalized spacial score (nSPS) is 9.83. The van der Waals surface area contributed by atoms with Crippen LogP contribution < -0.4 is 9.64 Å². The minimum absolute atomic E-state index is 0.146. The molecule has 6 heteroatoms. The van der Waals surface area contributed by atoms with Crippen LogP contribution in [0.1, 0.15) is 27.7 Å². The Morgan fingerprint density at radius 1 is 0.958 bits per heavy atom. The van der Waals surface area contributed by atoms with Crippen molar-refractivity contribution < 1.29 is 23.8 Å². The number of hydrogen-bond acceptors (Lipinski definition) is 6. The van der Waals surface area contributed by atoms with Gasteiger partial charge in [0.15, 0.2) is 5.57 Å². The van der Waals surface area contributed by atoms with E-state index in [1.165, 1.54) is 6.20 Å². The molecule has 6 nitrogen and oxygen atoms in total. The molecule has 0 atom stereocenters. The van der Waals surface area contributed by atoms with E-state index in [4.69, 9.17) is 14.2 Å². The molecule has 0 amide bonds. The molecule has 0 N–H and O–H groups in total. The third kappa shape index (κ3) is 5.30. The van der Waals surface area contributed by atoms with Crippen molar-refractivity contribution in [2.24, 2.45) is 0 Å². The van der Waals surface area contributed by atoms with E-state index in [-0.39, 0.29) is 18.8 Å². The van der Waals surface area contributed by atoms with E-state index >= 15 is 0 Å². The second-order valence-electron chi connectivity index (χ2n) is 4.67. The van der Waals surface area contributed by atoms with Crippen LogP contribution in [0.15, 0.2) is 36.0 Å². The van der Waals surface area contributed by atoms with Crippen LogP contribution in [0.5, 0.6) is 5.75 Å². The maximum atomic E-state index is 12.1. The highest BCUT2D eigenvalue weighted by molar-refractivity contribution is 6.14. The number of para-hydroxylation sites is 2. The van der Waals surface area contributed by atoms with E-state index in [9.17, 15) is 9.59 Å². The fraction of sp³-hybridized carbons (Fsp3) is 0.444. The summed E-state index contributed by atoms with van der Waals surface area (Å²) in [7, 11) is 0. The molecule has 0 saturated heterocycles. The molecular formula is C18H25NO5. The first-order chi connectivity index (χ1) is 11.6. The van der Waals surface area contributed by atoms with Gasteiger partial charge in [-0.15, -0.1) is 0 Å². The van der Waals surface area contributed by atoms with Crippen LogP contribution >= 0.6 is 0 Å². The van der Waals surface area contributed by atoms with Crippen molar-refractivity contribution in [3.8, 4) is 5.75 Å². The number of hydrogen-bond donors (Lipinski definition) is 0. The van der Waals surface area contributed by atoms with Crippen molar-refractivity contribution in [1.82, 2.24) is 0 Å². The lowest BCUT2D eigenvalue weighted by Crippen LogP contribution is -2.24. The number of anilines is 1. The van der Waals surface area contributed by atoms with Crippen molar-refractivity contribution in [2.75, 3.05) is 31.3 Å². The Kier molecular flexibility index (Phi) is 8.39. The average molecular weight is 335 g/mol. The first-order valence-electron chi connectivity index (χ1n) is 8.13. The predicted octanol–water partition coefficient (Wildman–Crippen LogP) is 2.92. The summed E-state index contributed by atoms with van der Waals surface area (Å²) in [6.45, 7) is 8.58. The summed E-state index contributed by atoms with van der Waals surface area (Å²) in [5.41, 5.74) is 0.611. The van der Waals surface area contributed by atoms with Crippen LogP contribution in [-0.4, -0.2) is 38.3 Å². The molecule has 132 valence electrons. The molecule has 0 aliphatic rings. The summed E-state index contributed by atoms with van der Waals surface area (Å²) < 4.78 is 15.5.